The number of aryl methyl sites for hydroxylation is 1. The molecule has 6 nitrogen and oxygen atoms in total. The van der Waals surface area contributed by atoms with E-state index in [1.807, 2.05) is 31.2 Å². The Morgan fingerprint density at radius 1 is 1.03 bits per heavy atom. The van der Waals surface area contributed by atoms with Gasteiger partial charge in [-0.2, -0.15) is 5.10 Å². The van der Waals surface area contributed by atoms with Crippen molar-refractivity contribution in [1.29, 1.82) is 0 Å². The van der Waals surface area contributed by atoms with Crippen LogP contribution in [0.15, 0.2) is 71.8 Å². The third-order valence-electron chi connectivity index (χ3n) is 4.23. The number of halogens is 2. The van der Waals surface area contributed by atoms with Gasteiger partial charge < -0.3 is 10.1 Å². The van der Waals surface area contributed by atoms with Gasteiger partial charge in [-0.05, 0) is 66.6 Å². The largest absolute Gasteiger partial charge is 0.423 e. The van der Waals surface area contributed by atoms with Crippen molar-refractivity contribution in [3.63, 3.8) is 0 Å². The maximum absolute atomic E-state index is 12.2. The van der Waals surface area contributed by atoms with Gasteiger partial charge in [0.1, 0.15) is 5.75 Å². The molecule has 3 rings (SSSR count). The van der Waals surface area contributed by atoms with Crippen LogP contribution in [0.25, 0.3) is 0 Å². The average molecular weight is 456 g/mol. The molecule has 3 aromatic carbocycles. The predicted octanol–water partition coefficient (Wildman–Crippen LogP) is 5.08. The minimum Gasteiger partial charge on any atom is -0.423 e. The van der Waals surface area contributed by atoms with E-state index in [1.165, 1.54) is 18.3 Å². The summed E-state index contributed by atoms with van der Waals surface area (Å²) in [6.45, 7) is 2.06. The van der Waals surface area contributed by atoms with Crippen molar-refractivity contribution < 1.29 is 14.3 Å². The van der Waals surface area contributed by atoms with Gasteiger partial charge in [-0.25, -0.2) is 10.2 Å². The number of nitrogens with one attached hydrogen (secondary N) is 2. The zero-order valence-electron chi connectivity index (χ0n) is 16.6. The van der Waals surface area contributed by atoms with Gasteiger partial charge in [0.25, 0.3) is 5.91 Å². The topological polar surface area (TPSA) is 79.8 Å². The first kappa shape index (κ1) is 22.3. The van der Waals surface area contributed by atoms with Crippen LogP contribution in [0.4, 0.5) is 5.69 Å². The Bertz CT molecular complexity index is 1120. The molecule has 0 heterocycles. The Labute approximate surface area is 189 Å². The third-order valence-corrected chi connectivity index (χ3v) is 4.78. The quantitative estimate of drug-likeness (QED) is 0.225. The second-order valence-electron chi connectivity index (χ2n) is 6.54. The molecule has 0 bridgehead atoms. The number of ether oxygens (including phenoxy) is 1. The van der Waals surface area contributed by atoms with E-state index in [9.17, 15) is 9.59 Å². The van der Waals surface area contributed by atoms with Crippen LogP contribution in [0.2, 0.25) is 10.0 Å². The van der Waals surface area contributed by atoms with Gasteiger partial charge in [0.2, 0.25) is 0 Å². The number of rotatable bonds is 7. The summed E-state index contributed by atoms with van der Waals surface area (Å²) in [4.78, 5) is 24.1. The Kier molecular flexibility index (Phi) is 7.65. The Morgan fingerprint density at radius 2 is 1.77 bits per heavy atom. The number of hydrogen-bond acceptors (Lipinski definition) is 5. The van der Waals surface area contributed by atoms with E-state index in [4.69, 9.17) is 27.9 Å². The number of carbonyl (C=O) groups excluding carboxylic acids is 2. The molecule has 0 aromatic heterocycles. The predicted molar refractivity (Wildman–Crippen MR) is 123 cm³/mol. The van der Waals surface area contributed by atoms with Crippen LogP contribution in [0.1, 0.15) is 21.5 Å². The Morgan fingerprint density at radius 3 is 2.48 bits per heavy atom. The number of anilines is 1. The molecular weight excluding hydrogens is 437 g/mol. The number of hydrogen-bond donors (Lipinski definition) is 2. The first-order valence-electron chi connectivity index (χ1n) is 9.31. The van der Waals surface area contributed by atoms with Gasteiger partial charge in [-0.1, -0.05) is 41.4 Å². The Balaban J connectivity index is 1.49. The van der Waals surface area contributed by atoms with Crippen LogP contribution in [0.5, 0.6) is 5.75 Å². The van der Waals surface area contributed by atoms with Gasteiger partial charge >= 0.3 is 5.97 Å². The highest BCUT2D eigenvalue weighted by molar-refractivity contribution is 6.36. The first-order valence-corrected chi connectivity index (χ1v) is 10.1. The molecule has 0 unspecified atom stereocenters. The molecule has 0 radical (unpaired) electrons. The molecule has 2 N–H and O–H groups in total. The highest BCUT2D eigenvalue weighted by atomic mass is 35.5. The summed E-state index contributed by atoms with van der Waals surface area (Å²) in [7, 11) is 0. The molecule has 0 saturated carbocycles. The molecule has 0 saturated heterocycles. The van der Waals surface area contributed by atoms with Crippen molar-refractivity contribution in [2.45, 2.75) is 6.92 Å². The number of hydrazone groups is 1. The van der Waals surface area contributed by atoms with Crippen LogP contribution in [-0.4, -0.2) is 24.6 Å². The van der Waals surface area contributed by atoms with Crippen LogP contribution in [0.3, 0.4) is 0 Å². The first-order chi connectivity index (χ1) is 14.9. The molecule has 0 spiro atoms. The lowest BCUT2D eigenvalue weighted by molar-refractivity contribution is -0.119. The molecule has 8 heteroatoms. The van der Waals surface area contributed by atoms with Gasteiger partial charge in [-0.3, -0.25) is 4.79 Å². The van der Waals surface area contributed by atoms with Gasteiger partial charge in [0, 0.05) is 10.7 Å². The van der Waals surface area contributed by atoms with Crippen molar-refractivity contribution in [3.8, 4) is 5.75 Å². The molecule has 1 amide bonds. The number of esters is 1. The van der Waals surface area contributed by atoms with E-state index in [2.05, 4.69) is 15.8 Å². The van der Waals surface area contributed by atoms with Crippen LogP contribution >= 0.6 is 23.2 Å². The summed E-state index contributed by atoms with van der Waals surface area (Å²) in [6.07, 6.45) is 1.49. The molecule has 158 valence electrons. The van der Waals surface area contributed by atoms with Crippen LogP contribution in [-0.2, 0) is 4.79 Å². The monoisotopic (exact) mass is 455 g/mol. The highest BCUT2D eigenvalue weighted by Gasteiger charge is 2.13. The Hall–Kier alpha value is -3.35. The van der Waals surface area contributed by atoms with E-state index in [1.54, 1.807) is 30.3 Å². The molecule has 0 aliphatic heterocycles. The second-order valence-corrected chi connectivity index (χ2v) is 7.39. The fourth-order valence-corrected chi connectivity index (χ4v) is 3.09. The fourth-order valence-electron chi connectivity index (χ4n) is 2.60. The van der Waals surface area contributed by atoms with Crippen LogP contribution in [0, 0.1) is 6.92 Å². The SMILES string of the molecule is Cc1ccccc1NCC(=O)N/N=C\c1ccc(OC(=O)c2ccc(Cl)cc2Cl)cc1. The zero-order chi connectivity index (χ0) is 22.2. The van der Waals surface area contributed by atoms with Crippen molar-refractivity contribution >= 4 is 47.0 Å². The fraction of sp³-hybridized carbons (Fsp3) is 0.0870. The van der Waals surface area contributed by atoms with Crippen molar-refractivity contribution in [3.05, 3.63) is 93.5 Å². The minimum absolute atomic E-state index is 0.102. The summed E-state index contributed by atoms with van der Waals surface area (Å²) in [6, 6.07) is 18.9. The van der Waals surface area contributed by atoms with Gasteiger partial charge in [-0.15, -0.1) is 0 Å². The lowest BCUT2D eigenvalue weighted by Crippen LogP contribution is -2.26. The highest BCUT2D eigenvalue weighted by Crippen LogP contribution is 2.23. The summed E-state index contributed by atoms with van der Waals surface area (Å²) in [5.41, 5.74) is 5.35. The molecule has 0 fully saturated rings. The second kappa shape index (κ2) is 10.6. The van der Waals surface area contributed by atoms with Crippen LogP contribution < -0.4 is 15.5 Å². The third kappa shape index (κ3) is 6.57. The lowest BCUT2D eigenvalue weighted by atomic mass is 10.2. The number of carbonyl (C=O) groups is 2. The smallest absolute Gasteiger partial charge is 0.345 e. The van der Waals surface area contributed by atoms with Gasteiger partial charge in [0.15, 0.2) is 0 Å². The summed E-state index contributed by atoms with van der Waals surface area (Å²) < 4.78 is 5.31. The van der Waals surface area contributed by atoms with E-state index in [0.29, 0.717) is 10.8 Å². The van der Waals surface area contributed by atoms with Crippen molar-refractivity contribution in [2.75, 3.05) is 11.9 Å². The molecular formula is C23H19Cl2N3O3. The normalized spacial score (nSPS) is 10.7. The van der Waals surface area contributed by atoms with E-state index < -0.39 is 5.97 Å². The minimum atomic E-state index is -0.587. The summed E-state index contributed by atoms with van der Waals surface area (Å²) >= 11 is 11.9. The van der Waals surface area contributed by atoms with E-state index in [0.717, 1.165) is 16.8 Å². The number of nitrogens with zero attached hydrogens (tertiary/aromatic N) is 1. The maximum Gasteiger partial charge on any atom is 0.345 e. The lowest BCUT2D eigenvalue weighted by Gasteiger charge is -2.08. The van der Waals surface area contributed by atoms with E-state index in [-0.39, 0.29) is 23.0 Å². The zero-order valence-corrected chi connectivity index (χ0v) is 18.1. The molecule has 0 aliphatic rings. The molecule has 3 aromatic rings. The summed E-state index contributed by atoms with van der Waals surface area (Å²) in [5.74, 6) is -0.513. The van der Waals surface area contributed by atoms with E-state index >= 15 is 0 Å². The number of para-hydroxylation sites is 1. The molecule has 0 atom stereocenters. The molecule has 0 aliphatic carbocycles. The summed E-state index contributed by atoms with van der Waals surface area (Å²) in [5, 5.41) is 7.64. The standard InChI is InChI=1S/C23H19Cl2N3O3/c1-15-4-2-3-5-21(15)26-14-22(29)28-27-13-16-6-9-18(10-7-16)31-23(30)19-11-8-17(24)12-20(19)25/h2-13,26H,14H2,1H3,(H,28,29)/b27-13-. The average Bonchev–Trinajstić information content (AvgIpc) is 2.74. The van der Waals surface area contributed by atoms with Crippen molar-refractivity contribution in [2.24, 2.45) is 5.10 Å². The molecule has 31 heavy (non-hydrogen) atoms. The maximum atomic E-state index is 12.2. The van der Waals surface area contributed by atoms with Gasteiger partial charge in [0.05, 0.1) is 23.3 Å². The number of benzene rings is 3. The number of amides is 1. The van der Waals surface area contributed by atoms with Crippen molar-refractivity contribution in [1.82, 2.24) is 5.43 Å².